The van der Waals surface area contributed by atoms with Crippen molar-refractivity contribution < 1.29 is 23.8 Å². The van der Waals surface area contributed by atoms with E-state index in [4.69, 9.17) is 5.73 Å². The molecule has 1 rings (SSSR count). The molecule has 0 bridgehead atoms. The summed E-state index contributed by atoms with van der Waals surface area (Å²) in [7, 11) is 0. The third-order valence-electron chi connectivity index (χ3n) is 2.22. The van der Waals surface area contributed by atoms with E-state index in [1.165, 1.54) is 24.3 Å². The van der Waals surface area contributed by atoms with E-state index < -0.39 is 29.2 Å². The van der Waals surface area contributed by atoms with Crippen LogP contribution >= 0.6 is 0 Å². The maximum atomic E-state index is 10.4. The van der Waals surface area contributed by atoms with Gasteiger partial charge in [0.05, 0.1) is 18.1 Å². The zero-order chi connectivity index (χ0) is 13.0. The summed E-state index contributed by atoms with van der Waals surface area (Å²) >= 11 is -2.19. The number of aliphatic hydroxyl groups excluding tert-OH is 1. The van der Waals surface area contributed by atoms with E-state index in [1.54, 1.807) is 0 Å². The van der Waals surface area contributed by atoms with Crippen LogP contribution in [0.2, 0.25) is 0 Å². The first-order valence-electron chi connectivity index (χ1n) is 4.71. The van der Waals surface area contributed by atoms with Crippen LogP contribution in [0.1, 0.15) is 17.2 Å². The number of carbonyl (C=O) groups excluding carboxylic acids is 1. The number of aliphatic carboxylic acids is 1. The van der Waals surface area contributed by atoms with Crippen LogP contribution in [0.5, 0.6) is 0 Å². The zero-order valence-electron chi connectivity index (χ0n) is 8.74. The Labute approximate surface area is 100 Å². The smallest absolute Gasteiger partial charge is 0.0994 e. The van der Waals surface area contributed by atoms with E-state index >= 15 is 0 Å². The molecule has 0 aliphatic rings. The van der Waals surface area contributed by atoms with Crippen molar-refractivity contribution >= 4 is 17.0 Å². The van der Waals surface area contributed by atoms with Gasteiger partial charge in [0.15, 0.2) is 0 Å². The Bertz CT molecular complexity index is 419. The number of aliphatic hydroxyl groups is 1. The fourth-order valence-electron chi connectivity index (χ4n) is 1.28. The normalized spacial score (nSPS) is 16.2. The lowest BCUT2D eigenvalue weighted by atomic mass is 10.0. The van der Waals surface area contributed by atoms with Gasteiger partial charge in [0, 0.05) is 5.75 Å². The molecule has 7 heteroatoms. The van der Waals surface area contributed by atoms with Crippen LogP contribution in [0.25, 0.3) is 0 Å². The number of carboxylic acids is 1. The molecule has 0 fully saturated rings. The van der Waals surface area contributed by atoms with Crippen LogP contribution in [-0.2, 0) is 21.6 Å². The minimum absolute atomic E-state index is 0.136. The predicted octanol–water partition coefficient (Wildman–Crippen LogP) is -1.82. The average molecular weight is 257 g/mol. The lowest BCUT2D eigenvalue weighted by Gasteiger charge is -2.20. The predicted molar refractivity (Wildman–Crippen MR) is 57.0 cm³/mol. The van der Waals surface area contributed by atoms with E-state index in [9.17, 15) is 23.8 Å². The van der Waals surface area contributed by atoms with Gasteiger partial charge in [-0.3, -0.25) is 4.21 Å². The van der Waals surface area contributed by atoms with E-state index in [2.05, 4.69) is 0 Å². The van der Waals surface area contributed by atoms with Crippen molar-refractivity contribution in [2.75, 3.05) is 0 Å². The highest BCUT2D eigenvalue weighted by atomic mass is 32.2. The third kappa shape index (κ3) is 3.90. The Morgan fingerprint density at radius 2 is 1.94 bits per heavy atom. The molecule has 1 aromatic rings. The molecule has 94 valence electrons. The van der Waals surface area contributed by atoms with Crippen molar-refractivity contribution in [2.45, 2.75) is 17.9 Å². The second-order valence-electron chi connectivity index (χ2n) is 3.48. The zero-order valence-corrected chi connectivity index (χ0v) is 9.55. The van der Waals surface area contributed by atoms with Crippen LogP contribution in [-0.4, -0.2) is 25.9 Å². The number of hydrogen-bond acceptors (Lipinski definition) is 6. The summed E-state index contributed by atoms with van der Waals surface area (Å²) in [5, 5.41) is 20.0. The molecule has 0 aromatic heterocycles. The highest BCUT2D eigenvalue weighted by molar-refractivity contribution is 7.78. The van der Waals surface area contributed by atoms with E-state index in [-0.39, 0.29) is 5.75 Å². The van der Waals surface area contributed by atoms with Crippen molar-refractivity contribution in [1.29, 1.82) is 0 Å². The topological polar surface area (TPSA) is 127 Å². The Balaban J connectivity index is 2.80. The minimum atomic E-state index is -2.19. The van der Waals surface area contributed by atoms with Crippen molar-refractivity contribution in [3.05, 3.63) is 35.4 Å². The van der Waals surface area contributed by atoms with Gasteiger partial charge in [-0.25, -0.2) is 0 Å². The van der Waals surface area contributed by atoms with Gasteiger partial charge in [-0.1, -0.05) is 35.3 Å². The van der Waals surface area contributed by atoms with Crippen molar-refractivity contribution in [3.8, 4) is 0 Å². The maximum Gasteiger partial charge on any atom is 0.0994 e. The van der Waals surface area contributed by atoms with Gasteiger partial charge in [0.1, 0.15) is 0 Å². The molecule has 1 aromatic carbocycles. The van der Waals surface area contributed by atoms with Crippen LogP contribution in [0.3, 0.4) is 0 Å². The summed E-state index contributed by atoms with van der Waals surface area (Å²) in [6.45, 7) is 0. The Morgan fingerprint density at radius 1 is 1.41 bits per heavy atom. The molecule has 3 N–H and O–H groups in total. The van der Waals surface area contributed by atoms with Crippen LogP contribution in [0.15, 0.2) is 24.3 Å². The Kier molecular flexibility index (Phi) is 4.76. The lowest BCUT2D eigenvalue weighted by Crippen LogP contribution is -2.45. The number of nitrogens with two attached hydrogens (primary N) is 1. The lowest BCUT2D eigenvalue weighted by molar-refractivity contribution is -0.309. The standard InChI is InChI=1S/C10H13NO5S/c11-8(10(13)14)9(12)7-3-1-6(2-4-7)5-17(15)16/h1-4,8-9,12H,5,11H2,(H,13,14)(H,15,16)/p-2. The fraction of sp³-hybridized carbons (Fsp3) is 0.300. The summed E-state index contributed by atoms with van der Waals surface area (Å²) < 4.78 is 20.9. The highest BCUT2D eigenvalue weighted by Crippen LogP contribution is 2.16. The highest BCUT2D eigenvalue weighted by Gasteiger charge is 2.17. The van der Waals surface area contributed by atoms with E-state index in [0.29, 0.717) is 11.1 Å². The Hall–Kier alpha value is -1.28. The quantitative estimate of drug-likeness (QED) is 0.598. The molecular formula is C10H11NO5S-2. The number of hydrogen-bond donors (Lipinski definition) is 2. The summed E-state index contributed by atoms with van der Waals surface area (Å²) in [5.74, 6) is -1.69. The van der Waals surface area contributed by atoms with Crippen LogP contribution in [0, 0.1) is 0 Å². The largest absolute Gasteiger partial charge is 0.772 e. The summed E-state index contributed by atoms with van der Waals surface area (Å²) in [5.41, 5.74) is 6.03. The average Bonchev–Trinajstić information content (AvgIpc) is 2.27. The van der Waals surface area contributed by atoms with Crippen LogP contribution < -0.4 is 10.8 Å². The summed E-state index contributed by atoms with van der Waals surface area (Å²) in [6.07, 6.45) is -1.38. The number of carboxylic acid groups (broad SMARTS) is 1. The maximum absolute atomic E-state index is 10.4. The van der Waals surface area contributed by atoms with Gasteiger partial charge in [0.2, 0.25) is 0 Å². The van der Waals surface area contributed by atoms with Gasteiger partial charge < -0.3 is 25.3 Å². The number of carbonyl (C=O) groups is 1. The molecule has 3 atom stereocenters. The summed E-state index contributed by atoms with van der Waals surface area (Å²) in [6, 6.07) is 4.30. The monoisotopic (exact) mass is 257 g/mol. The Morgan fingerprint density at radius 3 is 2.35 bits per heavy atom. The third-order valence-corrected chi connectivity index (χ3v) is 2.79. The summed E-state index contributed by atoms with van der Waals surface area (Å²) in [4.78, 5) is 10.4. The molecule has 0 aliphatic carbocycles. The SMILES string of the molecule is NC(C(=O)[O-])C(O)c1ccc(CS(=O)[O-])cc1. The molecule has 0 saturated heterocycles. The first-order valence-corrected chi connectivity index (χ1v) is 5.95. The molecule has 0 amide bonds. The molecule has 0 radical (unpaired) electrons. The van der Waals surface area contributed by atoms with Gasteiger partial charge in [0.25, 0.3) is 0 Å². The van der Waals surface area contributed by atoms with Crippen molar-refractivity contribution in [1.82, 2.24) is 0 Å². The van der Waals surface area contributed by atoms with E-state index in [1.807, 2.05) is 0 Å². The molecule has 0 heterocycles. The first-order chi connectivity index (χ1) is 7.91. The van der Waals surface area contributed by atoms with Gasteiger partial charge in [-0.05, 0) is 11.1 Å². The molecule has 6 nitrogen and oxygen atoms in total. The van der Waals surface area contributed by atoms with Crippen molar-refractivity contribution in [3.63, 3.8) is 0 Å². The molecule has 17 heavy (non-hydrogen) atoms. The van der Waals surface area contributed by atoms with Gasteiger partial charge in [-0.2, -0.15) is 0 Å². The molecule has 0 spiro atoms. The van der Waals surface area contributed by atoms with Gasteiger partial charge >= 0.3 is 0 Å². The van der Waals surface area contributed by atoms with Gasteiger partial charge in [-0.15, -0.1) is 0 Å². The number of benzene rings is 1. The molecule has 0 aliphatic heterocycles. The molecule has 0 saturated carbocycles. The first kappa shape index (κ1) is 13.8. The minimum Gasteiger partial charge on any atom is -0.772 e. The molecular weight excluding hydrogens is 246 g/mol. The van der Waals surface area contributed by atoms with Crippen molar-refractivity contribution in [2.24, 2.45) is 5.73 Å². The fourth-order valence-corrected chi connectivity index (χ4v) is 1.75. The molecule has 3 unspecified atom stereocenters. The van der Waals surface area contributed by atoms with E-state index in [0.717, 1.165) is 0 Å². The second kappa shape index (κ2) is 5.87. The second-order valence-corrected chi connectivity index (χ2v) is 4.38. The number of rotatable bonds is 5. The van der Waals surface area contributed by atoms with Crippen LogP contribution in [0.4, 0.5) is 0 Å².